The van der Waals surface area contributed by atoms with Gasteiger partial charge in [0.2, 0.25) is 0 Å². The van der Waals surface area contributed by atoms with Gasteiger partial charge in [0.25, 0.3) is 12.3 Å². The van der Waals surface area contributed by atoms with E-state index in [2.05, 4.69) is 15.3 Å². The topological polar surface area (TPSA) is 54.9 Å². The minimum absolute atomic E-state index is 0.0294. The third-order valence-corrected chi connectivity index (χ3v) is 2.69. The molecule has 8 heteroatoms. The summed E-state index contributed by atoms with van der Waals surface area (Å²) in [5.74, 6) is -0.736. The molecule has 0 aliphatic carbocycles. The van der Waals surface area contributed by atoms with E-state index in [4.69, 9.17) is 11.6 Å². The molecule has 94 valence electrons. The molecule has 1 aromatic rings. The van der Waals surface area contributed by atoms with E-state index >= 15 is 0 Å². The van der Waals surface area contributed by atoms with Gasteiger partial charge in [-0.05, 0) is 13.2 Å². The monoisotopic (exact) mass is 281 g/mol. The Balaban J connectivity index is 2.88. The number of halogens is 3. The van der Waals surface area contributed by atoms with Crippen molar-refractivity contribution in [3.8, 4) is 0 Å². The molecule has 4 nitrogen and oxygen atoms in total. The van der Waals surface area contributed by atoms with Gasteiger partial charge in [-0.3, -0.25) is 4.79 Å². The minimum atomic E-state index is -2.64. The number of hydrogen-bond acceptors (Lipinski definition) is 4. The molecule has 1 atom stereocenters. The fourth-order valence-electron chi connectivity index (χ4n) is 0.947. The highest BCUT2D eigenvalue weighted by Crippen LogP contribution is 2.16. The Bertz CT molecular complexity index is 419. The zero-order valence-corrected chi connectivity index (χ0v) is 10.6. The molecule has 0 saturated carbocycles. The minimum Gasteiger partial charge on any atom is -0.342 e. The molecule has 17 heavy (non-hydrogen) atoms. The van der Waals surface area contributed by atoms with Crippen molar-refractivity contribution in [2.45, 2.75) is 24.5 Å². The molecule has 0 saturated heterocycles. The number of alkyl halides is 2. The summed E-state index contributed by atoms with van der Waals surface area (Å²) in [5.41, 5.74) is -0.0986. The van der Waals surface area contributed by atoms with Gasteiger partial charge in [-0.25, -0.2) is 18.7 Å². The summed E-state index contributed by atoms with van der Waals surface area (Å²) in [6.07, 6.45) is 0.356. The Morgan fingerprint density at radius 3 is 2.76 bits per heavy atom. The predicted molar refractivity (Wildman–Crippen MR) is 61.8 cm³/mol. The van der Waals surface area contributed by atoms with Crippen molar-refractivity contribution in [2.24, 2.45) is 0 Å². The first-order chi connectivity index (χ1) is 7.95. The van der Waals surface area contributed by atoms with Crippen LogP contribution in [0.15, 0.2) is 11.4 Å². The first-order valence-electron chi connectivity index (χ1n) is 4.61. The highest BCUT2D eigenvalue weighted by molar-refractivity contribution is 7.98. The smallest absolute Gasteiger partial charge is 0.272 e. The molecule has 0 aromatic carbocycles. The third kappa shape index (κ3) is 3.78. The maximum Gasteiger partial charge on any atom is 0.272 e. The SMILES string of the molecule is CSc1ncc(Cl)c(C(=O)NC(C)C(F)F)n1. The van der Waals surface area contributed by atoms with Crippen molar-refractivity contribution in [3.05, 3.63) is 16.9 Å². The van der Waals surface area contributed by atoms with E-state index in [1.54, 1.807) is 6.26 Å². The highest BCUT2D eigenvalue weighted by Gasteiger charge is 2.20. The molecule has 0 fully saturated rings. The summed E-state index contributed by atoms with van der Waals surface area (Å²) in [5, 5.41) is 2.50. The van der Waals surface area contributed by atoms with Gasteiger partial charge in [0.1, 0.15) is 0 Å². The van der Waals surface area contributed by atoms with Crippen molar-refractivity contribution in [1.82, 2.24) is 15.3 Å². The van der Waals surface area contributed by atoms with Crippen molar-refractivity contribution in [3.63, 3.8) is 0 Å². The van der Waals surface area contributed by atoms with Crippen LogP contribution in [0.2, 0.25) is 5.02 Å². The molecule has 0 spiro atoms. The lowest BCUT2D eigenvalue weighted by Gasteiger charge is -2.12. The fraction of sp³-hybridized carbons (Fsp3) is 0.444. The Kier molecular flexibility index (Phi) is 5.07. The molecule has 0 aliphatic heterocycles. The number of rotatable bonds is 4. The number of hydrogen-bond donors (Lipinski definition) is 1. The second-order valence-electron chi connectivity index (χ2n) is 3.15. The highest BCUT2D eigenvalue weighted by atomic mass is 35.5. The predicted octanol–water partition coefficient (Wildman–Crippen LogP) is 2.24. The molecule has 1 amide bonds. The molecule has 1 aromatic heterocycles. The molecule has 1 rings (SSSR count). The first-order valence-corrected chi connectivity index (χ1v) is 6.21. The molecule has 1 unspecified atom stereocenters. The van der Waals surface area contributed by atoms with Gasteiger partial charge >= 0.3 is 0 Å². The average Bonchev–Trinajstić information content (AvgIpc) is 2.29. The zero-order valence-electron chi connectivity index (χ0n) is 9.08. The van der Waals surface area contributed by atoms with Gasteiger partial charge in [-0.1, -0.05) is 23.4 Å². The summed E-state index contributed by atoms with van der Waals surface area (Å²) in [4.78, 5) is 19.3. The van der Waals surface area contributed by atoms with Crippen LogP contribution in [0.1, 0.15) is 17.4 Å². The molecule has 0 radical (unpaired) electrons. The summed E-state index contributed by atoms with van der Waals surface area (Å²) in [6, 6.07) is -1.26. The molecule has 0 bridgehead atoms. The Hall–Kier alpha value is -0.950. The van der Waals surface area contributed by atoms with E-state index in [1.807, 2.05) is 0 Å². The molecular weight excluding hydrogens is 272 g/mol. The fourth-order valence-corrected chi connectivity index (χ4v) is 1.46. The van der Waals surface area contributed by atoms with Gasteiger partial charge in [-0.2, -0.15) is 0 Å². The summed E-state index contributed by atoms with van der Waals surface area (Å²) < 4.78 is 24.5. The van der Waals surface area contributed by atoms with Crippen molar-refractivity contribution >= 4 is 29.3 Å². The van der Waals surface area contributed by atoms with Crippen LogP contribution in [-0.2, 0) is 0 Å². The van der Waals surface area contributed by atoms with Crippen LogP contribution in [0.4, 0.5) is 8.78 Å². The van der Waals surface area contributed by atoms with Gasteiger partial charge in [-0.15, -0.1) is 0 Å². The largest absolute Gasteiger partial charge is 0.342 e. The van der Waals surface area contributed by atoms with Gasteiger partial charge < -0.3 is 5.32 Å². The first kappa shape index (κ1) is 14.1. The lowest BCUT2D eigenvalue weighted by atomic mass is 10.3. The normalized spacial score (nSPS) is 12.6. The van der Waals surface area contributed by atoms with E-state index < -0.39 is 18.4 Å². The quantitative estimate of drug-likeness (QED) is 0.679. The van der Waals surface area contributed by atoms with Crippen LogP contribution in [0.3, 0.4) is 0 Å². The van der Waals surface area contributed by atoms with Gasteiger partial charge in [0.05, 0.1) is 17.3 Å². The summed E-state index contributed by atoms with van der Waals surface area (Å²) >= 11 is 6.95. The molecular formula is C9H10ClF2N3OS. The van der Waals surface area contributed by atoms with Crippen LogP contribution in [0, 0.1) is 0 Å². The second kappa shape index (κ2) is 6.11. The second-order valence-corrected chi connectivity index (χ2v) is 4.33. The number of nitrogens with zero attached hydrogens (tertiary/aromatic N) is 2. The van der Waals surface area contributed by atoms with E-state index in [0.29, 0.717) is 5.16 Å². The van der Waals surface area contributed by atoms with Gasteiger partial charge in [0, 0.05) is 0 Å². The number of carbonyl (C=O) groups excluding carboxylic acids is 1. The summed E-state index contributed by atoms with van der Waals surface area (Å²) in [7, 11) is 0. The lowest BCUT2D eigenvalue weighted by molar-refractivity contribution is 0.0775. The molecule has 1 heterocycles. The number of aromatic nitrogens is 2. The third-order valence-electron chi connectivity index (χ3n) is 1.86. The number of thioether (sulfide) groups is 1. The van der Waals surface area contributed by atoms with E-state index in [9.17, 15) is 13.6 Å². The number of amides is 1. The van der Waals surface area contributed by atoms with E-state index in [0.717, 1.165) is 0 Å². The van der Waals surface area contributed by atoms with E-state index in [1.165, 1.54) is 24.9 Å². The van der Waals surface area contributed by atoms with Crippen LogP contribution in [0.5, 0.6) is 0 Å². The van der Waals surface area contributed by atoms with Crippen molar-refractivity contribution < 1.29 is 13.6 Å². The Labute approximate surface area is 106 Å². The van der Waals surface area contributed by atoms with Crippen LogP contribution in [0.25, 0.3) is 0 Å². The lowest BCUT2D eigenvalue weighted by Crippen LogP contribution is -2.38. The zero-order chi connectivity index (χ0) is 13.0. The Morgan fingerprint density at radius 1 is 1.59 bits per heavy atom. The average molecular weight is 282 g/mol. The van der Waals surface area contributed by atoms with E-state index in [-0.39, 0.29) is 10.7 Å². The molecule has 0 aliphatic rings. The summed E-state index contributed by atoms with van der Waals surface area (Å²) in [6.45, 7) is 1.20. The van der Waals surface area contributed by atoms with Crippen molar-refractivity contribution in [2.75, 3.05) is 6.26 Å². The van der Waals surface area contributed by atoms with Gasteiger partial charge in [0.15, 0.2) is 10.9 Å². The maximum atomic E-state index is 12.3. The van der Waals surface area contributed by atoms with Crippen LogP contribution < -0.4 is 5.32 Å². The standard InChI is InChI=1S/C9H10ClF2N3OS/c1-4(7(11)12)14-8(16)6-5(10)3-13-9(15-6)17-2/h3-4,7H,1-2H3,(H,14,16). The van der Waals surface area contributed by atoms with Crippen LogP contribution in [-0.4, -0.2) is 34.6 Å². The molecule has 1 N–H and O–H groups in total. The Morgan fingerprint density at radius 2 is 2.24 bits per heavy atom. The maximum absolute atomic E-state index is 12.3. The number of carbonyl (C=O) groups is 1. The van der Waals surface area contributed by atoms with Crippen LogP contribution >= 0.6 is 23.4 Å². The number of nitrogens with one attached hydrogen (secondary N) is 1. The van der Waals surface area contributed by atoms with Crippen molar-refractivity contribution in [1.29, 1.82) is 0 Å².